The molecule has 1 aromatic carbocycles. The third-order valence-electron chi connectivity index (χ3n) is 4.85. The maximum Gasteiger partial charge on any atom is 0.316 e. The predicted molar refractivity (Wildman–Crippen MR) is 123 cm³/mol. The Morgan fingerprint density at radius 3 is 2.60 bits per heavy atom. The average molecular weight is 491 g/mol. The van der Waals surface area contributed by atoms with Crippen molar-refractivity contribution in [1.29, 1.82) is 0 Å². The number of methoxy groups -OCH3 is 2. The number of anilines is 1. The van der Waals surface area contributed by atoms with E-state index in [4.69, 9.17) is 20.8 Å². The van der Waals surface area contributed by atoms with E-state index in [9.17, 15) is 4.79 Å². The molecule has 0 bridgehead atoms. The van der Waals surface area contributed by atoms with Crippen molar-refractivity contribution in [3.05, 3.63) is 52.2 Å². The molecule has 0 aliphatic carbocycles. The molecule has 30 heavy (non-hydrogen) atoms. The van der Waals surface area contributed by atoms with Crippen molar-refractivity contribution in [2.45, 2.75) is 18.9 Å². The van der Waals surface area contributed by atoms with Crippen LogP contribution in [0.1, 0.15) is 23.3 Å². The van der Waals surface area contributed by atoms with Crippen LogP contribution < -0.4 is 14.4 Å². The van der Waals surface area contributed by atoms with Gasteiger partial charge in [0, 0.05) is 30.8 Å². The van der Waals surface area contributed by atoms with E-state index in [1.807, 2.05) is 24.3 Å². The molecule has 0 N–H and O–H groups in total. The second-order valence-corrected chi connectivity index (χ2v) is 8.35. The summed E-state index contributed by atoms with van der Waals surface area (Å²) in [6.07, 6.45) is 3.53. The van der Waals surface area contributed by atoms with Gasteiger partial charge < -0.3 is 19.1 Å². The fraction of sp³-hybridized carbons (Fsp3) is 0.364. The lowest BCUT2D eigenvalue weighted by Gasteiger charge is -2.32. The Hall–Kier alpha value is -2.50. The minimum atomic E-state index is -0.209. The molecule has 0 saturated carbocycles. The molecule has 0 radical (unpaired) electrons. The third-order valence-corrected chi connectivity index (χ3v) is 6.40. The van der Waals surface area contributed by atoms with Gasteiger partial charge in [0.25, 0.3) is 0 Å². The number of alkyl halides is 1. The van der Waals surface area contributed by atoms with Crippen molar-refractivity contribution < 1.29 is 19.0 Å². The van der Waals surface area contributed by atoms with E-state index in [1.54, 1.807) is 31.6 Å². The molecule has 2 aromatic rings. The van der Waals surface area contributed by atoms with Gasteiger partial charge in [-0.1, -0.05) is 22.0 Å². The zero-order valence-corrected chi connectivity index (χ0v) is 19.3. The van der Waals surface area contributed by atoms with Crippen molar-refractivity contribution in [2.24, 2.45) is 0 Å². The Kier molecular flexibility index (Phi) is 7.77. The SMILES string of the molecule is [C-]#[N+]C(=Cc1ccc(N2CCC(OC(=O)CBr)CC2)s1)c1ccc(OC)c(OC)c1. The first-order valence-electron chi connectivity index (χ1n) is 9.49. The minimum Gasteiger partial charge on any atom is -0.493 e. The Morgan fingerprint density at radius 2 is 1.97 bits per heavy atom. The summed E-state index contributed by atoms with van der Waals surface area (Å²) in [5.41, 5.74) is 1.33. The smallest absolute Gasteiger partial charge is 0.316 e. The number of carbonyl (C=O) groups excluding carboxylic acids is 1. The van der Waals surface area contributed by atoms with Gasteiger partial charge in [0.15, 0.2) is 17.2 Å². The summed E-state index contributed by atoms with van der Waals surface area (Å²) in [6, 6.07) is 9.59. The number of piperidine rings is 1. The van der Waals surface area contributed by atoms with Crippen LogP contribution >= 0.6 is 27.3 Å². The van der Waals surface area contributed by atoms with E-state index in [0.717, 1.165) is 41.4 Å². The maximum absolute atomic E-state index is 11.4. The molecule has 2 heterocycles. The molecule has 0 spiro atoms. The first kappa shape index (κ1) is 22.2. The Morgan fingerprint density at radius 1 is 1.23 bits per heavy atom. The first-order valence-corrected chi connectivity index (χ1v) is 11.4. The number of benzene rings is 1. The molecule has 0 unspecified atom stereocenters. The summed E-state index contributed by atoms with van der Waals surface area (Å²) < 4.78 is 16.0. The maximum atomic E-state index is 11.4. The van der Waals surface area contributed by atoms with Gasteiger partial charge in [0.2, 0.25) is 0 Å². The van der Waals surface area contributed by atoms with Gasteiger partial charge in [-0.25, -0.2) is 4.85 Å². The monoisotopic (exact) mass is 490 g/mol. The first-order chi connectivity index (χ1) is 14.6. The van der Waals surface area contributed by atoms with Crippen LogP contribution in [0.15, 0.2) is 30.3 Å². The average Bonchev–Trinajstić information content (AvgIpc) is 3.26. The topological polar surface area (TPSA) is 52.4 Å². The van der Waals surface area contributed by atoms with Crippen LogP contribution in [0.3, 0.4) is 0 Å². The van der Waals surface area contributed by atoms with Crippen LogP contribution in [0, 0.1) is 6.57 Å². The number of hydrogen-bond acceptors (Lipinski definition) is 6. The number of nitrogens with zero attached hydrogens (tertiary/aromatic N) is 2. The van der Waals surface area contributed by atoms with Gasteiger partial charge in [-0.05, 0) is 35.9 Å². The molecule has 158 valence electrons. The molecule has 6 nitrogen and oxygen atoms in total. The normalized spacial score (nSPS) is 14.9. The van der Waals surface area contributed by atoms with Gasteiger partial charge in [-0.15, -0.1) is 11.3 Å². The van der Waals surface area contributed by atoms with E-state index in [1.165, 1.54) is 0 Å². The Balaban J connectivity index is 1.70. The van der Waals surface area contributed by atoms with Crippen molar-refractivity contribution in [3.8, 4) is 11.5 Å². The molecule has 1 aliphatic rings. The minimum absolute atomic E-state index is 0.00982. The van der Waals surface area contributed by atoms with Crippen LogP contribution in [-0.4, -0.2) is 44.7 Å². The highest BCUT2D eigenvalue weighted by atomic mass is 79.9. The predicted octanol–water partition coefficient (Wildman–Crippen LogP) is 5.09. The van der Waals surface area contributed by atoms with Crippen molar-refractivity contribution >= 4 is 50.0 Å². The summed E-state index contributed by atoms with van der Waals surface area (Å²) in [5.74, 6) is 1.02. The van der Waals surface area contributed by atoms with Crippen LogP contribution in [0.4, 0.5) is 5.00 Å². The number of esters is 1. The fourth-order valence-corrected chi connectivity index (χ4v) is 4.44. The molecule has 3 rings (SSSR count). The lowest BCUT2D eigenvalue weighted by molar-refractivity contribution is -0.146. The van der Waals surface area contributed by atoms with E-state index in [-0.39, 0.29) is 17.4 Å². The van der Waals surface area contributed by atoms with Crippen LogP contribution in [0.25, 0.3) is 16.6 Å². The third kappa shape index (κ3) is 5.35. The Bertz CT molecular complexity index is 958. The highest BCUT2D eigenvalue weighted by Gasteiger charge is 2.23. The summed E-state index contributed by atoms with van der Waals surface area (Å²) in [4.78, 5) is 18.5. The lowest BCUT2D eigenvalue weighted by Crippen LogP contribution is -2.37. The second kappa shape index (κ2) is 10.5. The number of ether oxygens (including phenoxy) is 3. The summed E-state index contributed by atoms with van der Waals surface area (Å²) >= 11 is 4.78. The molecule has 1 aromatic heterocycles. The lowest BCUT2D eigenvalue weighted by atomic mass is 10.1. The molecular weight excluding hydrogens is 468 g/mol. The Labute approximate surface area is 189 Å². The van der Waals surface area contributed by atoms with Crippen molar-refractivity contribution in [2.75, 3.05) is 37.5 Å². The summed E-state index contributed by atoms with van der Waals surface area (Å²) in [5, 5.41) is 1.39. The number of halogens is 1. The standard InChI is InChI=1S/C22H23BrN2O4S/c1-24-18(15-4-6-19(27-2)20(12-15)28-3)13-17-5-7-21(30-17)25-10-8-16(9-11-25)29-22(26)14-23/h4-7,12-13,16H,8-11,14H2,2-3H3. The highest BCUT2D eigenvalue weighted by molar-refractivity contribution is 9.09. The number of thiophene rings is 1. The van der Waals surface area contributed by atoms with Gasteiger partial charge in [-0.3, -0.25) is 4.79 Å². The largest absolute Gasteiger partial charge is 0.493 e. The number of carbonyl (C=O) groups is 1. The van der Waals surface area contributed by atoms with Gasteiger partial charge >= 0.3 is 5.97 Å². The van der Waals surface area contributed by atoms with E-state index in [0.29, 0.717) is 17.2 Å². The van der Waals surface area contributed by atoms with Crippen molar-refractivity contribution in [1.82, 2.24) is 0 Å². The summed E-state index contributed by atoms with van der Waals surface area (Å²) in [7, 11) is 3.17. The molecule has 1 aliphatic heterocycles. The number of hydrogen-bond donors (Lipinski definition) is 0. The molecule has 1 saturated heterocycles. The van der Waals surface area contributed by atoms with E-state index in [2.05, 4.69) is 31.7 Å². The highest BCUT2D eigenvalue weighted by Crippen LogP contribution is 2.34. The second-order valence-electron chi connectivity index (χ2n) is 6.70. The zero-order chi connectivity index (χ0) is 21.5. The fourth-order valence-electron chi connectivity index (χ4n) is 3.31. The van der Waals surface area contributed by atoms with Gasteiger partial charge in [0.05, 0.1) is 25.8 Å². The van der Waals surface area contributed by atoms with Gasteiger partial charge in [0.1, 0.15) is 11.4 Å². The van der Waals surface area contributed by atoms with Crippen LogP contribution in [-0.2, 0) is 9.53 Å². The van der Waals surface area contributed by atoms with Crippen molar-refractivity contribution in [3.63, 3.8) is 0 Å². The molecule has 8 heteroatoms. The molecule has 1 fully saturated rings. The summed E-state index contributed by atoms with van der Waals surface area (Å²) in [6.45, 7) is 9.29. The quantitative estimate of drug-likeness (QED) is 0.307. The van der Waals surface area contributed by atoms with E-state index < -0.39 is 0 Å². The van der Waals surface area contributed by atoms with Crippen LogP contribution in [0.2, 0.25) is 0 Å². The van der Waals surface area contributed by atoms with Gasteiger partial charge in [-0.2, -0.15) is 0 Å². The molecular formula is C22H23BrN2O4S. The van der Waals surface area contributed by atoms with Crippen LogP contribution in [0.5, 0.6) is 11.5 Å². The molecule has 0 amide bonds. The van der Waals surface area contributed by atoms with E-state index >= 15 is 0 Å². The zero-order valence-electron chi connectivity index (χ0n) is 16.9. The molecule has 0 atom stereocenters. The number of rotatable bonds is 7.